The van der Waals surface area contributed by atoms with E-state index in [1.165, 1.54) is 4.57 Å². The highest BCUT2D eigenvalue weighted by Gasteiger charge is 2.29. The fraction of sp³-hybridized carbons (Fsp3) is 0.600. The molecule has 1 aliphatic rings. The lowest BCUT2D eigenvalue weighted by molar-refractivity contribution is 0.0293. The highest BCUT2D eigenvalue weighted by Crippen LogP contribution is 2.23. The quantitative estimate of drug-likeness (QED) is 0.867. The average molecular weight is 372 g/mol. The molecule has 0 aromatic carbocycles. The molecule has 6 nitrogen and oxygen atoms in total. The molecule has 2 rings (SSSR count). The Kier molecular flexibility index (Phi) is 4.84. The van der Waals surface area contributed by atoms with Crippen molar-refractivity contribution in [1.82, 2.24) is 9.47 Å². The second-order valence-electron chi connectivity index (χ2n) is 6.54. The van der Waals surface area contributed by atoms with Crippen LogP contribution in [0.3, 0.4) is 0 Å². The normalized spacial score (nSPS) is 18.4. The molecule has 0 bridgehead atoms. The molecule has 2 heterocycles. The summed E-state index contributed by atoms with van der Waals surface area (Å²) in [5.41, 5.74) is 0.184. The maximum atomic E-state index is 12.0. The van der Waals surface area contributed by atoms with E-state index >= 15 is 0 Å². The number of anilines is 1. The molecule has 0 radical (unpaired) electrons. The Hall–Kier alpha value is -1.50. The lowest BCUT2D eigenvalue weighted by Crippen LogP contribution is -2.36. The van der Waals surface area contributed by atoms with E-state index in [2.05, 4.69) is 21.2 Å². The summed E-state index contributed by atoms with van der Waals surface area (Å²) in [6, 6.07) is 1.66. The molecule has 1 unspecified atom stereocenters. The summed E-state index contributed by atoms with van der Waals surface area (Å²) in [6.07, 6.45) is 2.26. The van der Waals surface area contributed by atoms with Crippen LogP contribution in [0.2, 0.25) is 0 Å². The summed E-state index contributed by atoms with van der Waals surface area (Å²) in [6.45, 7) is 6.78. The van der Waals surface area contributed by atoms with Gasteiger partial charge >= 0.3 is 6.09 Å². The molecule has 0 aliphatic carbocycles. The zero-order valence-electron chi connectivity index (χ0n) is 13.4. The van der Waals surface area contributed by atoms with Crippen molar-refractivity contribution in [1.29, 1.82) is 0 Å². The highest BCUT2D eigenvalue weighted by molar-refractivity contribution is 9.10. The molecule has 1 aromatic heterocycles. The number of nitrogens with zero attached hydrogens (tertiary/aromatic N) is 2. The van der Waals surface area contributed by atoms with Crippen molar-refractivity contribution in [3.05, 3.63) is 27.1 Å². The van der Waals surface area contributed by atoms with Gasteiger partial charge in [-0.1, -0.05) is 0 Å². The third-order valence-corrected chi connectivity index (χ3v) is 4.01. The third-order valence-electron chi connectivity index (χ3n) is 3.38. The number of rotatable bonds is 2. The highest BCUT2D eigenvalue weighted by atomic mass is 79.9. The first-order valence-corrected chi connectivity index (χ1v) is 8.05. The number of pyridine rings is 1. The van der Waals surface area contributed by atoms with Gasteiger partial charge in [0.1, 0.15) is 5.60 Å². The van der Waals surface area contributed by atoms with Crippen molar-refractivity contribution in [3.63, 3.8) is 0 Å². The number of nitrogens with one attached hydrogen (secondary N) is 1. The maximum absolute atomic E-state index is 12.0. The van der Waals surface area contributed by atoms with Crippen LogP contribution < -0.4 is 10.9 Å². The monoisotopic (exact) mass is 371 g/mol. The molecular formula is C15H22BrN3O3. The van der Waals surface area contributed by atoms with Crippen molar-refractivity contribution >= 4 is 27.7 Å². The lowest BCUT2D eigenvalue weighted by Gasteiger charge is -2.24. The third kappa shape index (κ3) is 4.25. The summed E-state index contributed by atoms with van der Waals surface area (Å²) in [4.78, 5) is 25.4. The van der Waals surface area contributed by atoms with E-state index < -0.39 is 5.60 Å². The van der Waals surface area contributed by atoms with Crippen LogP contribution in [0.25, 0.3) is 0 Å². The number of likely N-dealkylation sites (tertiary alicyclic amines) is 1. The van der Waals surface area contributed by atoms with E-state index in [9.17, 15) is 9.59 Å². The molecule has 7 heteroatoms. The SMILES string of the molecule is Cn1cc(Br)c(NC2CCN(C(=O)OC(C)(C)C)C2)cc1=O. The van der Waals surface area contributed by atoms with Crippen LogP contribution in [-0.2, 0) is 11.8 Å². The van der Waals surface area contributed by atoms with Gasteiger partial charge in [0.25, 0.3) is 5.56 Å². The number of carbonyl (C=O) groups excluding carboxylic acids is 1. The maximum Gasteiger partial charge on any atom is 0.410 e. The summed E-state index contributed by atoms with van der Waals surface area (Å²) in [5.74, 6) is 0. The Morgan fingerprint density at radius 2 is 2.14 bits per heavy atom. The molecule has 0 spiro atoms. The number of hydrogen-bond acceptors (Lipinski definition) is 4. The van der Waals surface area contributed by atoms with Crippen LogP contribution >= 0.6 is 15.9 Å². The summed E-state index contributed by atoms with van der Waals surface area (Å²) in [7, 11) is 1.71. The minimum Gasteiger partial charge on any atom is -0.444 e. The first kappa shape index (κ1) is 16.9. The number of aryl methyl sites for hydroxylation is 1. The smallest absolute Gasteiger partial charge is 0.410 e. The predicted octanol–water partition coefficient (Wildman–Crippen LogP) is 2.57. The van der Waals surface area contributed by atoms with Crippen LogP contribution in [0, 0.1) is 0 Å². The number of amides is 1. The molecule has 122 valence electrons. The van der Waals surface area contributed by atoms with Gasteiger partial charge in [-0.05, 0) is 43.1 Å². The number of hydrogen-bond donors (Lipinski definition) is 1. The fourth-order valence-electron chi connectivity index (χ4n) is 2.30. The first-order chi connectivity index (χ1) is 10.2. The average Bonchev–Trinajstić information content (AvgIpc) is 2.82. The summed E-state index contributed by atoms with van der Waals surface area (Å²) < 4.78 is 7.71. The van der Waals surface area contributed by atoms with Crippen molar-refractivity contribution < 1.29 is 9.53 Å². The molecular weight excluding hydrogens is 350 g/mol. The molecule has 1 N–H and O–H groups in total. The Morgan fingerprint density at radius 3 is 2.77 bits per heavy atom. The van der Waals surface area contributed by atoms with Gasteiger partial charge in [-0.3, -0.25) is 4.79 Å². The van der Waals surface area contributed by atoms with Crippen LogP contribution in [0.4, 0.5) is 10.5 Å². The Balaban J connectivity index is 1.98. The van der Waals surface area contributed by atoms with Gasteiger partial charge in [0.05, 0.1) is 10.2 Å². The summed E-state index contributed by atoms with van der Waals surface area (Å²) in [5, 5.41) is 3.32. The van der Waals surface area contributed by atoms with E-state index in [0.717, 1.165) is 16.6 Å². The number of aromatic nitrogens is 1. The van der Waals surface area contributed by atoms with Crippen LogP contribution in [0.5, 0.6) is 0 Å². The van der Waals surface area contributed by atoms with E-state index in [4.69, 9.17) is 4.74 Å². The molecule has 1 aliphatic heterocycles. The van der Waals surface area contributed by atoms with Gasteiger partial charge in [0.15, 0.2) is 0 Å². The standard InChI is InChI=1S/C15H22BrN3O3/c1-15(2,3)22-14(21)19-6-5-10(8-19)17-12-7-13(20)18(4)9-11(12)16/h7,9-10,17H,5-6,8H2,1-4H3. The van der Waals surface area contributed by atoms with E-state index in [-0.39, 0.29) is 17.7 Å². The molecule has 22 heavy (non-hydrogen) atoms. The Morgan fingerprint density at radius 1 is 1.45 bits per heavy atom. The van der Waals surface area contributed by atoms with Gasteiger partial charge < -0.3 is 19.5 Å². The van der Waals surface area contributed by atoms with Crippen molar-refractivity contribution in [2.75, 3.05) is 18.4 Å². The minimum absolute atomic E-state index is 0.0762. The largest absolute Gasteiger partial charge is 0.444 e. The van der Waals surface area contributed by atoms with E-state index in [0.29, 0.717) is 13.1 Å². The van der Waals surface area contributed by atoms with Gasteiger partial charge in [-0.25, -0.2) is 4.79 Å². The van der Waals surface area contributed by atoms with Crippen molar-refractivity contribution in [3.8, 4) is 0 Å². The van der Waals surface area contributed by atoms with Crippen LogP contribution in [0.1, 0.15) is 27.2 Å². The number of ether oxygens (including phenoxy) is 1. The van der Waals surface area contributed by atoms with E-state index in [1.807, 2.05) is 20.8 Å². The lowest BCUT2D eigenvalue weighted by atomic mass is 10.2. The zero-order valence-corrected chi connectivity index (χ0v) is 14.9. The molecule has 1 fully saturated rings. The van der Waals surface area contributed by atoms with Gasteiger partial charge in [-0.15, -0.1) is 0 Å². The fourth-order valence-corrected chi connectivity index (χ4v) is 2.83. The molecule has 0 saturated carbocycles. The zero-order chi connectivity index (χ0) is 16.5. The van der Waals surface area contributed by atoms with Crippen LogP contribution in [0.15, 0.2) is 21.5 Å². The molecule has 1 atom stereocenters. The second kappa shape index (κ2) is 6.32. The van der Waals surface area contributed by atoms with Gasteiger partial charge in [0, 0.05) is 38.4 Å². The van der Waals surface area contributed by atoms with Gasteiger partial charge in [0.2, 0.25) is 0 Å². The Bertz CT molecular complexity index is 621. The molecule has 1 saturated heterocycles. The predicted molar refractivity (Wildman–Crippen MR) is 89.2 cm³/mol. The first-order valence-electron chi connectivity index (χ1n) is 7.26. The van der Waals surface area contributed by atoms with Crippen molar-refractivity contribution in [2.45, 2.75) is 38.8 Å². The van der Waals surface area contributed by atoms with Gasteiger partial charge in [-0.2, -0.15) is 0 Å². The van der Waals surface area contributed by atoms with Crippen molar-refractivity contribution in [2.24, 2.45) is 7.05 Å². The molecule has 1 aromatic rings. The Labute approximate surface area is 138 Å². The van der Waals surface area contributed by atoms with E-state index in [1.54, 1.807) is 24.2 Å². The van der Waals surface area contributed by atoms with Crippen LogP contribution in [-0.4, -0.2) is 40.3 Å². The molecule has 1 amide bonds. The number of carbonyl (C=O) groups is 1. The second-order valence-corrected chi connectivity index (χ2v) is 7.39. The summed E-state index contributed by atoms with van der Waals surface area (Å²) >= 11 is 3.44. The topological polar surface area (TPSA) is 63.6 Å². The number of halogens is 1. The minimum atomic E-state index is -0.489.